The molecule has 0 radical (unpaired) electrons. The number of methoxy groups -OCH3 is 1. The van der Waals surface area contributed by atoms with Crippen LogP contribution in [0.4, 0.5) is 0 Å². The molecule has 30 heavy (non-hydrogen) atoms. The molecule has 1 aromatic rings. The number of rotatable bonds is 15. The molecular formula is C26H42O4. The van der Waals surface area contributed by atoms with Gasteiger partial charge >= 0.3 is 5.97 Å². The summed E-state index contributed by atoms with van der Waals surface area (Å²) in [6.07, 6.45) is 16.2. The topological polar surface area (TPSA) is 44.8 Å². The number of carbonyl (C=O) groups is 1. The molecule has 0 heterocycles. The molecule has 0 unspecified atom stereocenters. The maximum atomic E-state index is 12.4. The molecule has 0 N–H and O–H groups in total. The average Bonchev–Trinajstić information content (AvgIpc) is 2.77. The Bertz CT molecular complexity index is 586. The van der Waals surface area contributed by atoms with E-state index in [9.17, 15) is 4.79 Å². The van der Waals surface area contributed by atoms with E-state index in [2.05, 4.69) is 19.1 Å². The average molecular weight is 419 g/mol. The van der Waals surface area contributed by atoms with Crippen LogP contribution in [-0.4, -0.2) is 26.0 Å². The Kier molecular flexibility index (Phi) is 12.6. The SMILES string of the molecule is CCCCCCCCCCCC(=O)O[C@@H]1CCCC[C@H]1c1cccc(OCOC)c1. The fourth-order valence-electron chi connectivity index (χ4n) is 4.39. The van der Waals surface area contributed by atoms with Crippen molar-refractivity contribution in [3.63, 3.8) is 0 Å². The number of ether oxygens (including phenoxy) is 3. The van der Waals surface area contributed by atoms with Crippen molar-refractivity contribution in [2.45, 2.75) is 109 Å². The fraction of sp³-hybridized carbons (Fsp3) is 0.731. The molecule has 4 heteroatoms. The van der Waals surface area contributed by atoms with E-state index in [0.29, 0.717) is 6.42 Å². The first-order chi connectivity index (χ1) is 14.7. The lowest BCUT2D eigenvalue weighted by Gasteiger charge is -2.31. The Hall–Kier alpha value is -1.55. The highest BCUT2D eigenvalue weighted by Crippen LogP contribution is 2.36. The lowest BCUT2D eigenvalue weighted by Crippen LogP contribution is -2.28. The minimum Gasteiger partial charge on any atom is -0.468 e. The van der Waals surface area contributed by atoms with Crippen LogP contribution < -0.4 is 4.74 Å². The third-order valence-electron chi connectivity index (χ3n) is 6.10. The lowest BCUT2D eigenvalue weighted by atomic mass is 9.81. The largest absolute Gasteiger partial charge is 0.468 e. The molecule has 170 valence electrons. The second-order valence-electron chi connectivity index (χ2n) is 8.62. The van der Waals surface area contributed by atoms with Gasteiger partial charge in [-0.1, -0.05) is 76.8 Å². The molecule has 1 aliphatic carbocycles. The molecule has 0 aromatic heterocycles. The van der Waals surface area contributed by atoms with Crippen LogP contribution in [0.5, 0.6) is 5.75 Å². The van der Waals surface area contributed by atoms with E-state index < -0.39 is 0 Å². The fourth-order valence-corrected chi connectivity index (χ4v) is 4.39. The quantitative estimate of drug-likeness (QED) is 0.172. The van der Waals surface area contributed by atoms with Crippen LogP contribution in [0.15, 0.2) is 24.3 Å². The van der Waals surface area contributed by atoms with Crippen LogP contribution in [0.1, 0.15) is 108 Å². The first-order valence-corrected chi connectivity index (χ1v) is 12.2. The molecule has 4 nitrogen and oxygen atoms in total. The summed E-state index contributed by atoms with van der Waals surface area (Å²) in [4.78, 5) is 12.4. The highest BCUT2D eigenvalue weighted by molar-refractivity contribution is 5.69. The summed E-state index contributed by atoms with van der Waals surface area (Å²) in [6, 6.07) is 8.14. The van der Waals surface area contributed by atoms with E-state index in [0.717, 1.165) is 37.9 Å². The molecule has 0 aliphatic heterocycles. The van der Waals surface area contributed by atoms with Crippen molar-refractivity contribution in [2.24, 2.45) is 0 Å². The van der Waals surface area contributed by atoms with Gasteiger partial charge in [-0.05, 0) is 43.4 Å². The molecule has 0 amide bonds. The second-order valence-corrected chi connectivity index (χ2v) is 8.62. The predicted molar refractivity (Wildman–Crippen MR) is 122 cm³/mol. The maximum Gasteiger partial charge on any atom is 0.306 e. The Balaban J connectivity index is 1.71. The number of hydrogen-bond donors (Lipinski definition) is 0. The molecule has 1 fully saturated rings. The van der Waals surface area contributed by atoms with Crippen molar-refractivity contribution < 1.29 is 19.0 Å². The summed E-state index contributed by atoms with van der Waals surface area (Å²) in [7, 11) is 1.62. The summed E-state index contributed by atoms with van der Waals surface area (Å²) in [5.41, 5.74) is 1.20. The molecule has 1 saturated carbocycles. The molecule has 0 bridgehead atoms. The summed E-state index contributed by atoms with van der Waals surface area (Å²) in [6.45, 7) is 2.49. The van der Waals surface area contributed by atoms with E-state index in [4.69, 9.17) is 14.2 Å². The molecule has 0 spiro atoms. The number of benzene rings is 1. The minimum absolute atomic E-state index is 0.0116. The second kappa shape index (κ2) is 15.3. The van der Waals surface area contributed by atoms with E-state index in [1.54, 1.807) is 7.11 Å². The van der Waals surface area contributed by atoms with Crippen molar-refractivity contribution in [2.75, 3.05) is 13.9 Å². The number of carbonyl (C=O) groups excluding carboxylic acids is 1. The first kappa shape index (κ1) is 24.7. The number of esters is 1. The Morgan fingerprint density at radius 2 is 1.67 bits per heavy atom. The van der Waals surface area contributed by atoms with Crippen LogP contribution in [0.2, 0.25) is 0 Å². The van der Waals surface area contributed by atoms with E-state index in [1.165, 1.54) is 56.9 Å². The molecule has 0 saturated heterocycles. The van der Waals surface area contributed by atoms with Crippen molar-refractivity contribution in [1.82, 2.24) is 0 Å². The molecular weight excluding hydrogens is 376 g/mol. The van der Waals surface area contributed by atoms with Gasteiger partial charge in [-0.25, -0.2) is 0 Å². The number of hydrogen-bond acceptors (Lipinski definition) is 4. The van der Waals surface area contributed by atoms with Crippen LogP contribution in [0, 0.1) is 0 Å². The van der Waals surface area contributed by atoms with Crippen LogP contribution in [0.3, 0.4) is 0 Å². The zero-order valence-electron chi connectivity index (χ0n) is 19.2. The standard InChI is InChI=1S/C26H42O4/c1-3-4-5-6-7-8-9-10-11-19-26(27)30-25-18-13-12-17-24(25)22-15-14-16-23(20-22)29-21-28-2/h14-16,20,24-25H,3-13,17-19,21H2,1-2H3/t24-,25+/m0/s1. The maximum absolute atomic E-state index is 12.4. The highest BCUT2D eigenvalue weighted by Gasteiger charge is 2.29. The van der Waals surface area contributed by atoms with Gasteiger partial charge < -0.3 is 14.2 Å². The normalized spacial score (nSPS) is 18.9. The summed E-state index contributed by atoms with van der Waals surface area (Å²) in [5, 5.41) is 0. The molecule has 2 atom stereocenters. The van der Waals surface area contributed by atoms with Gasteiger partial charge in [0.25, 0.3) is 0 Å². The van der Waals surface area contributed by atoms with Gasteiger partial charge in [0, 0.05) is 19.4 Å². The van der Waals surface area contributed by atoms with Gasteiger partial charge in [0.15, 0.2) is 6.79 Å². The molecule has 1 aromatic carbocycles. The van der Waals surface area contributed by atoms with Crippen LogP contribution in [-0.2, 0) is 14.3 Å². The van der Waals surface area contributed by atoms with Crippen LogP contribution >= 0.6 is 0 Å². The minimum atomic E-state index is -0.0263. The zero-order valence-corrected chi connectivity index (χ0v) is 19.2. The Morgan fingerprint density at radius 1 is 0.967 bits per heavy atom. The van der Waals surface area contributed by atoms with Gasteiger partial charge in [0.1, 0.15) is 11.9 Å². The third kappa shape index (κ3) is 9.51. The Labute approximate surface area is 183 Å². The smallest absolute Gasteiger partial charge is 0.306 e. The Morgan fingerprint density at radius 3 is 2.40 bits per heavy atom. The third-order valence-corrected chi connectivity index (χ3v) is 6.10. The van der Waals surface area contributed by atoms with Crippen molar-refractivity contribution in [3.8, 4) is 5.75 Å². The monoisotopic (exact) mass is 418 g/mol. The first-order valence-electron chi connectivity index (χ1n) is 12.2. The molecule has 2 rings (SSSR count). The van der Waals surface area contributed by atoms with Gasteiger partial charge in [-0.2, -0.15) is 0 Å². The van der Waals surface area contributed by atoms with E-state index in [-0.39, 0.29) is 24.8 Å². The van der Waals surface area contributed by atoms with E-state index in [1.807, 2.05) is 12.1 Å². The van der Waals surface area contributed by atoms with Crippen molar-refractivity contribution >= 4 is 5.97 Å². The van der Waals surface area contributed by atoms with E-state index >= 15 is 0 Å². The highest BCUT2D eigenvalue weighted by atomic mass is 16.7. The van der Waals surface area contributed by atoms with Crippen molar-refractivity contribution in [1.29, 1.82) is 0 Å². The summed E-state index contributed by atoms with van der Waals surface area (Å²) in [5.74, 6) is 1.04. The van der Waals surface area contributed by atoms with Crippen LogP contribution in [0.25, 0.3) is 0 Å². The van der Waals surface area contributed by atoms with Gasteiger partial charge in [0.05, 0.1) is 0 Å². The van der Waals surface area contributed by atoms with Gasteiger partial charge in [-0.3, -0.25) is 4.79 Å². The van der Waals surface area contributed by atoms with Crippen molar-refractivity contribution in [3.05, 3.63) is 29.8 Å². The summed E-state index contributed by atoms with van der Waals surface area (Å²) >= 11 is 0. The van der Waals surface area contributed by atoms with Gasteiger partial charge in [0.2, 0.25) is 0 Å². The summed E-state index contributed by atoms with van der Waals surface area (Å²) < 4.78 is 16.5. The molecule has 1 aliphatic rings. The lowest BCUT2D eigenvalue weighted by molar-refractivity contribution is -0.151. The van der Waals surface area contributed by atoms with Gasteiger partial charge in [-0.15, -0.1) is 0 Å². The predicted octanol–water partition coefficient (Wildman–Crippen LogP) is 7.16. The zero-order chi connectivity index (χ0) is 21.4. The number of unbranched alkanes of at least 4 members (excludes halogenated alkanes) is 8.